The first-order valence-electron chi connectivity index (χ1n) is 5.67. The zero-order valence-electron chi connectivity index (χ0n) is 10.1. The van der Waals surface area contributed by atoms with Crippen LogP contribution in [0, 0.1) is 0 Å². The van der Waals surface area contributed by atoms with E-state index in [9.17, 15) is 13.2 Å². The van der Waals surface area contributed by atoms with Crippen molar-refractivity contribution in [1.29, 1.82) is 0 Å². The SMILES string of the molecule is CCc1nc(-c2c(CBr)cccc2C(F)(F)F)cs1. The van der Waals surface area contributed by atoms with Gasteiger partial charge in [-0.2, -0.15) is 13.2 Å². The number of benzene rings is 1. The molecule has 0 saturated carbocycles. The molecule has 1 nitrogen and oxygen atoms in total. The highest BCUT2D eigenvalue weighted by molar-refractivity contribution is 9.08. The van der Waals surface area contributed by atoms with Crippen LogP contribution in [0.4, 0.5) is 13.2 Å². The maximum Gasteiger partial charge on any atom is 0.417 e. The third-order valence-corrected chi connectivity index (χ3v) is 4.31. The van der Waals surface area contributed by atoms with Gasteiger partial charge in [-0.05, 0) is 18.1 Å². The highest BCUT2D eigenvalue weighted by Gasteiger charge is 2.35. The average Bonchev–Trinajstić information content (AvgIpc) is 2.85. The molecule has 0 N–H and O–H groups in total. The van der Waals surface area contributed by atoms with Crippen molar-refractivity contribution in [3.63, 3.8) is 0 Å². The Morgan fingerprint density at radius 2 is 2.05 bits per heavy atom. The van der Waals surface area contributed by atoms with Gasteiger partial charge in [0, 0.05) is 16.3 Å². The Morgan fingerprint density at radius 3 is 2.58 bits per heavy atom. The molecule has 0 aliphatic rings. The van der Waals surface area contributed by atoms with Crippen LogP contribution in [-0.4, -0.2) is 4.98 Å². The molecule has 0 fully saturated rings. The molecule has 1 aromatic carbocycles. The first-order chi connectivity index (χ1) is 8.97. The van der Waals surface area contributed by atoms with E-state index < -0.39 is 11.7 Å². The van der Waals surface area contributed by atoms with E-state index in [1.165, 1.54) is 17.4 Å². The second-order valence-electron chi connectivity index (χ2n) is 3.95. The third-order valence-electron chi connectivity index (χ3n) is 2.71. The standard InChI is InChI=1S/C13H11BrF3NS/c1-2-11-18-10(7-19-11)12-8(6-14)4-3-5-9(12)13(15,16)17/h3-5,7H,2,6H2,1H3. The molecule has 19 heavy (non-hydrogen) atoms. The van der Waals surface area contributed by atoms with Crippen LogP contribution in [0.2, 0.25) is 0 Å². The molecule has 6 heteroatoms. The van der Waals surface area contributed by atoms with Gasteiger partial charge >= 0.3 is 6.18 Å². The van der Waals surface area contributed by atoms with Gasteiger partial charge < -0.3 is 0 Å². The fourth-order valence-corrected chi connectivity index (χ4v) is 3.04. The number of alkyl halides is 4. The molecule has 1 heterocycles. The molecule has 0 saturated heterocycles. The summed E-state index contributed by atoms with van der Waals surface area (Å²) in [5.41, 5.74) is 0.562. The van der Waals surface area contributed by atoms with E-state index in [0.29, 0.717) is 16.6 Å². The smallest absolute Gasteiger partial charge is 0.241 e. The maximum atomic E-state index is 13.1. The van der Waals surface area contributed by atoms with Crippen molar-refractivity contribution in [2.24, 2.45) is 0 Å². The first kappa shape index (κ1) is 14.5. The van der Waals surface area contributed by atoms with Crippen LogP contribution in [0.5, 0.6) is 0 Å². The minimum absolute atomic E-state index is 0.183. The topological polar surface area (TPSA) is 12.9 Å². The zero-order valence-corrected chi connectivity index (χ0v) is 12.5. The Balaban J connectivity index is 2.65. The van der Waals surface area contributed by atoms with Crippen LogP contribution in [0.25, 0.3) is 11.3 Å². The van der Waals surface area contributed by atoms with Crippen molar-refractivity contribution < 1.29 is 13.2 Å². The summed E-state index contributed by atoms with van der Waals surface area (Å²) in [6.45, 7) is 1.93. The number of hydrogen-bond acceptors (Lipinski definition) is 2. The Labute approximate surface area is 121 Å². The van der Waals surface area contributed by atoms with Crippen molar-refractivity contribution >= 4 is 27.3 Å². The minimum Gasteiger partial charge on any atom is -0.241 e. The van der Waals surface area contributed by atoms with Crippen molar-refractivity contribution in [2.45, 2.75) is 24.9 Å². The Hall–Kier alpha value is -0.880. The molecule has 1 aromatic heterocycles. The molecular weight excluding hydrogens is 339 g/mol. The lowest BCUT2D eigenvalue weighted by atomic mass is 9.99. The van der Waals surface area contributed by atoms with Crippen LogP contribution in [0.15, 0.2) is 23.6 Å². The summed E-state index contributed by atoms with van der Waals surface area (Å²) in [5, 5.41) is 2.90. The Kier molecular flexibility index (Phi) is 4.30. The van der Waals surface area contributed by atoms with Gasteiger partial charge in [-0.15, -0.1) is 11.3 Å². The van der Waals surface area contributed by atoms with E-state index >= 15 is 0 Å². The van der Waals surface area contributed by atoms with Crippen LogP contribution in [-0.2, 0) is 17.9 Å². The van der Waals surface area contributed by atoms with Gasteiger partial charge in [0.05, 0.1) is 16.3 Å². The van der Waals surface area contributed by atoms with E-state index in [0.717, 1.165) is 17.5 Å². The van der Waals surface area contributed by atoms with Crippen molar-refractivity contribution in [2.75, 3.05) is 0 Å². The number of rotatable bonds is 3. The van der Waals surface area contributed by atoms with Crippen molar-refractivity contribution in [3.8, 4) is 11.3 Å². The fourth-order valence-electron chi connectivity index (χ4n) is 1.84. The summed E-state index contributed by atoms with van der Waals surface area (Å²) in [4.78, 5) is 4.28. The number of thiazole rings is 1. The molecule has 102 valence electrons. The summed E-state index contributed by atoms with van der Waals surface area (Å²) >= 11 is 4.63. The van der Waals surface area contributed by atoms with Crippen LogP contribution in [0.3, 0.4) is 0 Å². The fraction of sp³-hybridized carbons (Fsp3) is 0.308. The van der Waals surface area contributed by atoms with Gasteiger partial charge in [0.2, 0.25) is 0 Å². The van der Waals surface area contributed by atoms with E-state index in [1.54, 1.807) is 11.4 Å². The number of hydrogen-bond donors (Lipinski definition) is 0. The number of aromatic nitrogens is 1. The lowest BCUT2D eigenvalue weighted by Gasteiger charge is -2.14. The van der Waals surface area contributed by atoms with Crippen LogP contribution < -0.4 is 0 Å². The molecule has 2 rings (SSSR count). The minimum atomic E-state index is -4.37. The summed E-state index contributed by atoms with van der Waals surface area (Å²) in [6.07, 6.45) is -3.65. The van der Waals surface area contributed by atoms with E-state index in [4.69, 9.17) is 0 Å². The molecule has 0 unspecified atom stereocenters. The van der Waals surface area contributed by atoms with Gasteiger partial charge in [0.25, 0.3) is 0 Å². The van der Waals surface area contributed by atoms with Crippen molar-refractivity contribution in [1.82, 2.24) is 4.98 Å². The molecule has 0 aliphatic heterocycles. The Morgan fingerprint density at radius 1 is 1.32 bits per heavy atom. The second-order valence-corrected chi connectivity index (χ2v) is 5.45. The molecule has 2 aromatic rings. The van der Waals surface area contributed by atoms with E-state index in [-0.39, 0.29) is 5.56 Å². The summed E-state index contributed by atoms with van der Waals surface area (Å²) in [6, 6.07) is 4.22. The van der Waals surface area contributed by atoms with Gasteiger partial charge in [0.15, 0.2) is 0 Å². The van der Waals surface area contributed by atoms with E-state index in [1.807, 2.05) is 6.92 Å². The predicted octanol–water partition coefficient (Wildman–Crippen LogP) is 5.29. The maximum absolute atomic E-state index is 13.1. The quantitative estimate of drug-likeness (QED) is 0.686. The molecule has 0 bridgehead atoms. The first-order valence-corrected chi connectivity index (χ1v) is 7.67. The normalized spacial score (nSPS) is 11.8. The number of aryl methyl sites for hydroxylation is 1. The summed E-state index contributed by atoms with van der Waals surface area (Å²) < 4.78 is 39.3. The summed E-state index contributed by atoms with van der Waals surface area (Å²) in [5.74, 6) is 0. The number of halogens is 4. The highest BCUT2D eigenvalue weighted by Crippen LogP contribution is 2.39. The molecule has 0 aliphatic carbocycles. The highest BCUT2D eigenvalue weighted by atomic mass is 79.9. The predicted molar refractivity (Wildman–Crippen MR) is 74.6 cm³/mol. The van der Waals surface area contributed by atoms with Gasteiger partial charge in [-0.1, -0.05) is 35.0 Å². The third kappa shape index (κ3) is 3.00. The molecule has 0 spiro atoms. The average molecular weight is 350 g/mol. The molecular formula is C13H11BrF3NS. The largest absolute Gasteiger partial charge is 0.417 e. The van der Waals surface area contributed by atoms with Gasteiger partial charge in [0.1, 0.15) is 0 Å². The van der Waals surface area contributed by atoms with Crippen LogP contribution in [0.1, 0.15) is 23.1 Å². The van der Waals surface area contributed by atoms with E-state index in [2.05, 4.69) is 20.9 Å². The molecule has 0 radical (unpaired) electrons. The van der Waals surface area contributed by atoms with Crippen LogP contribution >= 0.6 is 27.3 Å². The Bertz CT molecular complexity index is 578. The summed E-state index contributed by atoms with van der Waals surface area (Å²) in [7, 11) is 0. The lowest BCUT2D eigenvalue weighted by Crippen LogP contribution is -2.08. The lowest BCUT2D eigenvalue weighted by molar-refractivity contribution is -0.137. The zero-order chi connectivity index (χ0) is 14.0. The molecule has 0 amide bonds. The number of nitrogens with zero attached hydrogens (tertiary/aromatic N) is 1. The van der Waals surface area contributed by atoms with Gasteiger partial charge in [-0.25, -0.2) is 4.98 Å². The van der Waals surface area contributed by atoms with Crippen molar-refractivity contribution in [3.05, 3.63) is 39.7 Å². The van der Waals surface area contributed by atoms with Gasteiger partial charge in [-0.3, -0.25) is 0 Å². The second kappa shape index (κ2) is 5.63. The monoisotopic (exact) mass is 349 g/mol. The molecule has 0 atom stereocenters.